The molecule has 0 amide bonds. The molecule has 0 radical (unpaired) electrons. The Morgan fingerprint density at radius 2 is 1.90 bits per heavy atom. The van der Waals surface area contributed by atoms with E-state index in [9.17, 15) is 0 Å². The lowest BCUT2D eigenvalue weighted by Gasteiger charge is -2.09. The van der Waals surface area contributed by atoms with Crippen molar-refractivity contribution in [1.29, 1.82) is 0 Å². The molecule has 0 spiro atoms. The molecule has 0 nitrogen and oxygen atoms in total. The fourth-order valence-electron chi connectivity index (χ4n) is 2.94. The zero-order valence-electron chi connectivity index (χ0n) is 12.0. The van der Waals surface area contributed by atoms with E-state index in [0.29, 0.717) is 4.83 Å². The van der Waals surface area contributed by atoms with Crippen LogP contribution in [-0.4, -0.2) is 0 Å². The minimum Gasteiger partial charge on any atom is -0.144 e. The zero-order valence-corrected chi connectivity index (χ0v) is 14.4. The summed E-state index contributed by atoms with van der Waals surface area (Å²) in [5, 5.41) is 0. The molecule has 1 aliphatic carbocycles. The lowest BCUT2D eigenvalue weighted by atomic mass is 9.98. The van der Waals surface area contributed by atoms with Crippen LogP contribution in [0.5, 0.6) is 0 Å². The van der Waals surface area contributed by atoms with Gasteiger partial charge < -0.3 is 0 Å². The van der Waals surface area contributed by atoms with Gasteiger partial charge in [0.05, 0.1) is 4.83 Å². The Morgan fingerprint density at radius 1 is 1.15 bits per heavy atom. The van der Waals surface area contributed by atoms with E-state index in [0.717, 1.165) is 0 Å². The van der Waals surface area contributed by atoms with E-state index in [2.05, 4.69) is 53.2 Å². The van der Waals surface area contributed by atoms with Gasteiger partial charge in [-0.3, -0.25) is 0 Å². The molecule has 0 N–H and O–H groups in total. The predicted octanol–water partition coefficient (Wildman–Crippen LogP) is 6.06. The molecule has 1 aromatic carbocycles. The monoisotopic (exact) mass is 348 g/mol. The van der Waals surface area contributed by atoms with Crippen LogP contribution in [0.1, 0.15) is 57.5 Å². The van der Waals surface area contributed by atoms with E-state index in [1.807, 2.05) is 11.3 Å². The summed E-state index contributed by atoms with van der Waals surface area (Å²) in [5.41, 5.74) is 4.42. The second-order valence-corrected chi connectivity index (χ2v) is 7.74. The molecule has 0 saturated heterocycles. The molecule has 0 saturated carbocycles. The lowest BCUT2D eigenvalue weighted by molar-refractivity contribution is 0.697. The molecular weight excluding hydrogens is 328 g/mol. The molecule has 2 heteroatoms. The Bertz CT molecular complexity index is 544. The van der Waals surface area contributed by atoms with E-state index in [4.69, 9.17) is 0 Å². The Hall–Kier alpha value is -0.600. The Morgan fingerprint density at radius 3 is 2.60 bits per heavy atom. The average Bonchev–Trinajstić information content (AvgIpc) is 2.91. The maximum atomic E-state index is 3.89. The quantitative estimate of drug-likeness (QED) is 0.588. The highest BCUT2D eigenvalue weighted by atomic mass is 79.9. The van der Waals surface area contributed by atoms with Gasteiger partial charge in [-0.1, -0.05) is 53.5 Å². The first-order valence-corrected chi connectivity index (χ1v) is 9.35. The van der Waals surface area contributed by atoms with Crippen molar-refractivity contribution >= 4 is 27.3 Å². The third-order valence-electron chi connectivity index (χ3n) is 4.08. The minimum absolute atomic E-state index is 0.355. The lowest BCUT2D eigenvalue weighted by Crippen LogP contribution is -1.96. The molecule has 3 rings (SSSR count). The van der Waals surface area contributed by atoms with Gasteiger partial charge in [-0.15, -0.1) is 11.3 Å². The standard InChI is InChI=1S/C18H21BrS/c1-2-5-13-8-10-14(11-9-13)18(19)17-12-15-6-3-4-7-16(15)20-17/h8-12,18H,2-7H2,1H3. The number of hydrogen-bond donors (Lipinski definition) is 0. The van der Waals surface area contributed by atoms with E-state index < -0.39 is 0 Å². The summed E-state index contributed by atoms with van der Waals surface area (Å²) in [7, 11) is 0. The van der Waals surface area contributed by atoms with Crippen molar-refractivity contribution in [3.63, 3.8) is 0 Å². The molecule has 1 aromatic heterocycles. The fraction of sp³-hybridized carbons (Fsp3) is 0.444. The maximum absolute atomic E-state index is 3.89. The fourth-order valence-corrected chi connectivity index (χ4v) is 4.93. The number of aryl methyl sites for hydroxylation is 3. The molecule has 2 aromatic rings. The number of fused-ring (bicyclic) bond motifs is 1. The van der Waals surface area contributed by atoms with Crippen molar-refractivity contribution in [3.05, 3.63) is 56.8 Å². The van der Waals surface area contributed by atoms with Gasteiger partial charge in [-0.05, 0) is 54.9 Å². The highest BCUT2D eigenvalue weighted by Crippen LogP contribution is 2.39. The SMILES string of the molecule is CCCc1ccc(C(Br)c2cc3c(s2)CCCC3)cc1. The topological polar surface area (TPSA) is 0 Å². The van der Waals surface area contributed by atoms with Gasteiger partial charge in [-0.25, -0.2) is 0 Å². The number of halogens is 1. The number of hydrogen-bond acceptors (Lipinski definition) is 1. The number of benzene rings is 1. The molecule has 0 aliphatic heterocycles. The van der Waals surface area contributed by atoms with Crippen LogP contribution in [-0.2, 0) is 19.3 Å². The molecule has 1 aliphatic rings. The van der Waals surface area contributed by atoms with Gasteiger partial charge in [0.25, 0.3) is 0 Å². The second kappa shape index (κ2) is 6.44. The van der Waals surface area contributed by atoms with Crippen LogP contribution in [0.15, 0.2) is 30.3 Å². The summed E-state index contributed by atoms with van der Waals surface area (Å²) in [6.07, 6.45) is 7.69. The summed E-state index contributed by atoms with van der Waals surface area (Å²) in [6, 6.07) is 11.5. The molecule has 20 heavy (non-hydrogen) atoms. The van der Waals surface area contributed by atoms with E-state index >= 15 is 0 Å². The van der Waals surface area contributed by atoms with Crippen molar-refractivity contribution in [3.8, 4) is 0 Å². The normalized spacial score (nSPS) is 15.9. The third kappa shape index (κ3) is 3.01. The molecule has 0 bridgehead atoms. The Balaban J connectivity index is 1.80. The maximum Gasteiger partial charge on any atom is 0.0738 e. The van der Waals surface area contributed by atoms with Crippen LogP contribution in [0, 0.1) is 0 Å². The van der Waals surface area contributed by atoms with Crippen LogP contribution in [0.4, 0.5) is 0 Å². The number of alkyl halides is 1. The van der Waals surface area contributed by atoms with E-state index in [1.165, 1.54) is 54.5 Å². The van der Waals surface area contributed by atoms with E-state index in [-0.39, 0.29) is 0 Å². The zero-order chi connectivity index (χ0) is 13.9. The van der Waals surface area contributed by atoms with Crippen LogP contribution in [0.25, 0.3) is 0 Å². The van der Waals surface area contributed by atoms with Gasteiger partial charge in [0.2, 0.25) is 0 Å². The van der Waals surface area contributed by atoms with Crippen LogP contribution >= 0.6 is 27.3 Å². The second-order valence-electron chi connectivity index (χ2n) is 5.66. The summed E-state index contributed by atoms with van der Waals surface area (Å²) in [6.45, 7) is 2.23. The van der Waals surface area contributed by atoms with Crippen LogP contribution < -0.4 is 0 Å². The molecule has 106 valence electrons. The van der Waals surface area contributed by atoms with Crippen LogP contribution in [0.3, 0.4) is 0 Å². The molecular formula is C18H21BrS. The molecule has 0 fully saturated rings. The van der Waals surface area contributed by atoms with Gasteiger partial charge in [-0.2, -0.15) is 0 Å². The number of thiophene rings is 1. The van der Waals surface area contributed by atoms with Gasteiger partial charge >= 0.3 is 0 Å². The van der Waals surface area contributed by atoms with Gasteiger partial charge in [0.15, 0.2) is 0 Å². The largest absolute Gasteiger partial charge is 0.144 e. The predicted molar refractivity (Wildman–Crippen MR) is 92.2 cm³/mol. The third-order valence-corrected chi connectivity index (χ3v) is 6.70. The van der Waals surface area contributed by atoms with Crippen molar-refractivity contribution < 1.29 is 0 Å². The summed E-state index contributed by atoms with van der Waals surface area (Å²) >= 11 is 5.90. The van der Waals surface area contributed by atoms with Gasteiger partial charge in [0, 0.05) is 9.75 Å². The first-order valence-electron chi connectivity index (χ1n) is 7.62. The first kappa shape index (κ1) is 14.3. The van der Waals surface area contributed by atoms with Crippen LogP contribution in [0.2, 0.25) is 0 Å². The highest BCUT2D eigenvalue weighted by Gasteiger charge is 2.18. The van der Waals surface area contributed by atoms with Crippen molar-refractivity contribution in [1.82, 2.24) is 0 Å². The summed E-state index contributed by atoms with van der Waals surface area (Å²) in [4.78, 5) is 3.45. The Labute approximate surface area is 134 Å². The highest BCUT2D eigenvalue weighted by molar-refractivity contribution is 9.09. The van der Waals surface area contributed by atoms with Crippen molar-refractivity contribution in [2.75, 3.05) is 0 Å². The first-order chi connectivity index (χ1) is 9.78. The molecule has 1 heterocycles. The summed E-state index contributed by atoms with van der Waals surface area (Å²) in [5.74, 6) is 0. The Kier molecular flexibility index (Phi) is 4.62. The van der Waals surface area contributed by atoms with E-state index in [1.54, 1.807) is 10.4 Å². The molecule has 1 unspecified atom stereocenters. The average molecular weight is 349 g/mol. The van der Waals surface area contributed by atoms with Gasteiger partial charge in [0.1, 0.15) is 0 Å². The smallest absolute Gasteiger partial charge is 0.0738 e. The number of rotatable bonds is 4. The summed E-state index contributed by atoms with van der Waals surface area (Å²) < 4.78 is 0. The van der Waals surface area contributed by atoms with Crippen molar-refractivity contribution in [2.24, 2.45) is 0 Å². The molecule has 1 atom stereocenters. The minimum atomic E-state index is 0.355. The van der Waals surface area contributed by atoms with Crippen molar-refractivity contribution in [2.45, 2.75) is 50.3 Å².